The van der Waals surface area contributed by atoms with Crippen molar-refractivity contribution in [2.45, 2.75) is 50.0 Å². The van der Waals surface area contributed by atoms with Gasteiger partial charge in [-0.15, -0.1) is 0 Å². The first-order valence-corrected chi connectivity index (χ1v) is 9.46. The number of aryl methyl sites for hydroxylation is 1. The summed E-state index contributed by atoms with van der Waals surface area (Å²) in [6, 6.07) is 8.15. The molecule has 23 heavy (non-hydrogen) atoms. The lowest BCUT2D eigenvalue weighted by Crippen LogP contribution is -2.38. The van der Waals surface area contributed by atoms with Gasteiger partial charge in [0.1, 0.15) is 6.04 Å². The average molecular weight is 335 g/mol. The number of rotatable bonds is 5. The maximum absolute atomic E-state index is 12.9. The average Bonchev–Trinajstić information content (AvgIpc) is 3.05. The quantitative estimate of drug-likeness (QED) is 0.839. The number of benzene rings is 1. The van der Waals surface area contributed by atoms with Gasteiger partial charge in [0.25, 0.3) is 0 Å². The van der Waals surface area contributed by atoms with E-state index in [1.54, 1.807) is 24.3 Å². The Bertz CT molecular complexity index is 743. The number of hydrogen-bond acceptors (Lipinski definition) is 5. The third-order valence-electron chi connectivity index (χ3n) is 4.05. The highest BCUT2D eigenvalue weighted by molar-refractivity contribution is 7.89. The van der Waals surface area contributed by atoms with Crippen molar-refractivity contribution in [2.24, 2.45) is 0 Å². The second kappa shape index (κ2) is 6.80. The van der Waals surface area contributed by atoms with E-state index in [1.807, 2.05) is 13.0 Å². The van der Waals surface area contributed by atoms with Gasteiger partial charge in [0, 0.05) is 13.0 Å². The van der Waals surface area contributed by atoms with Crippen LogP contribution in [0, 0.1) is 0 Å². The zero-order valence-corrected chi connectivity index (χ0v) is 14.0. The van der Waals surface area contributed by atoms with E-state index < -0.39 is 10.0 Å². The first-order chi connectivity index (χ1) is 11.1. The van der Waals surface area contributed by atoms with Crippen molar-refractivity contribution in [2.75, 3.05) is 6.54 Å². The molecule has 1 saturated heterocycles. The lowest BCUT2D eigenvalue weighted by Gasteiger charge is -2.32. The summed E-state index contributed by atoms with van der Waals surface area (Å²) in [4.78, 5) is 4.70. The molecule has 7 heteroatoms. The van der Waals surface area contributed by atoms with Gasteiger partial charge in [-0.2, -0.15) is 9.29 Å². The van der Waals surface area contributed by atoms with E-state index in [1.165, 1.54) is 4.31 Å². The number of piperidine rings is 1. The fraction of sp³-hybridized carbons (Fsp3) is 0.500. The predicted molar refractivity (Wildman–Crippen MR) is 85.2 cm³/mol. The maximum atomic E-state index is 12.9. The minimum absolute atomic E-state index is 0.306. The molecule has 0 spiro atoms. The molecule has 124 valence electrons. The van der Waals surface area contributed by atoms with Gasteiger partial charge in [0.2, 0.25) is 15.9 Å². The van der Waals surface area contributed by atoms with Crippen molar-refractivity contribution in [1.29, 1.82) is 0 Å². The molecule has 0 bridgehead atoms. The van der Waals surface area contributed by atoms with E-state index in [-0.39, 0.29) is 6.04 Å². The fourth-order valence-electron chi connectivity index (χ4n) is 2.90. The Balaban J connectivity index is 1.92. The second-order valence-electron chi connectivity index (χ2n) is 5.74. The van der Waals surface area contributed by atoms with Gasteiger partial charge in [0.15, 0.2) is 5.82 Å². The summed E-state index contributed by atoms with van der Waals surface area (Å²) < 4.78 is 32.7. The molecule has 1 aliphatic rings. The van der Waals surface area contributed by atoms with E-state index >= 15 is 0 Å². The molecule has 1 aliphatic heterocycles. The van der Waals surface area contributed by atoms with Crippen LogP contribution in [-0.4, -0.2) is 29.4 Å². The summed E-state index contributed by atoms with van der Waals surface area (Å²) in [6.45, 7) is 2.52. The summed E-state index contributed by atoms with van der Waals surface area (Å²) >= 11 is 0. The van der Waals surface area contributed by atoms with Crippen LogP contribution in [0.4, 0.5) is 0 Å². The molecule has 0 saturated carbocycles. The van der Waals surface area contributed by atoms with Gasteiger partial charge < -0.3 is 4.52 Å². The molecule has 0 aliphatic carbocycles. The van der Waals surface area contributed by atoms with Crippen LogP contribution < -0.4 is 0 Å². The van der Waals surface area contributed by atoms with Crippen molar-refractivity contribution in [3.8, 4) is 0 Å². The van der Waals surface area contributed by atoms with Crippen LogP contribution in [-0.2, 0) is 16.4 Å². The highest BCUT2D eigenvalue weighted by Crippen LogP contribution is 2.34. The molecule has 0 radical (unpaired) electrons. The molecule has 1 aromatic carbocycles. The van der Waals surface area contributed by atoms with Crippen molar-refractivity contribution in [1.82, 2.24) is 14.4 Å². The summed E-state index contributed by atoms with van der Waals surface area (Å²) in [5, 5.41) is 3.96. The van der Waals surface area contributed by atoms with Crippen molar-refractivity contribution in [3.63, 3.8) is 0 Å². The van der Waals surface area contributed by atoms with Gasteiger partial charge in [-0.1, -0.05) is 36.7 Å². The lowest BCUT2D eigenvalue weighted by molar-refractivity contribution is 0.204. The van der Waals surface area contributed by atoms with Gasteiger partial charge in [0.05, 0.1) is 4.90 Å². The van der Waals surface area contributed by atoms with Gasteiger partial charge >= 0.3 is 0 Å². The minimum atomic E-state index is -3.56. The SMILES string of the molecule is CCCc1noc([C@H]2CCCCN2S(=O)(=O)c2ccccc2)n1. The Kier molecular flexibility index (Phi) is 4.77. The third-order valence-corrected chi connectivity index (χ3v) is 5.97. The first-order valence-electron chi connectivity index (χ1n) is 8.02. The van der Waals surface area contributed by atoms with Gasteiger partial charge in [-0.3, -0.25) is 0 Å². The topological polar surface area (TPSA) is 76.3 Å². The van der Waals surface area contributed by atoms with E-state index in [2.05, 4.69) is 10.1 Å². The molecule has 1 aromatic heterocycles. The Morgan fingerprint density at radius 1 is 1.26 bits per heavy atom. The zero-order chi connectivity index (χ0) is 16.3. The lowest BCUT2D eigenvalue weighted by atomic mass is 10.1. The van der Waals surface area contributed by atoms with E-state index in [0.717, 1.165) is 25.7 Å². The van der Waals surface area contributed by atoms with Gasteiger partial charge in [-0.05, 0) is 31.4 Å². The molecule has 1 fully saturated rings. The van der Waals surface area contributed by atoms with Crippen molar-refractivity contribution < 1.29 is 12.9 Å². The van der Waals surface area contributed by atoms with Gasteiger partial charge in [-0.25, -0.2) is 8.42 Å². The molecule has 0 unspecified atom stereocenters. The Morgan fingerprint density at radius 2 is 2.04 bits per heavy atom. The molecule has 0 N–H and O–H groups in total. The Morgan fingerprint density at radius 3 is 2.78 bits per heavy atom. The van der Waals surface area contributed by atoms with Crippen LogP contribution >= 0.6 is 0 Å². The number of hydrogen-bond donors (Lipinski definition) is 0. The highest BCUT2D eigenvalue weighted by Gasteiger charge is 2.37. The molecule has 1 atom stereocenters. The maximum Gasteiger partial charge on any atom is 0.245 e. The van der Waals surface area contributed by atoms with Crippen molar-refractivity contribution >= 4 is 10.0 Å². The third kappa shape index (κ3) is 3.30. The van der Waals surface area contributed by atoms with E-state index in [4.69, 9.17) is 4.52 Å². The van der Waals surface area contributed by atoms with Crippen LogP contribution in [0.2, 0.25) is 0 Å². The second-order valence-corrected chi connectivity index (χ2v) is 7.63. The number of sulfonamides is 1. The Hall–Kier alpha value is -1.73. The first kappa shape index (κ1) is 16.1. The molecular weight excluding hydrogens is 314 g/mol. The molecule has 2 heterocycles. The molecule has 0 amide bonds. The number of aromatic nitrogens is 2. The molecule has 6 nitrogen and oxygen atoms in total. The smallest absolute Gasteiger partial charge is 0.245 e. The summed E-state index contributed by atoms with van der Waals surface area (Å²) in [5.74, 6) is 1.05. The van der Waals surface area contributed by atoms with Crippen LogP contribution in [0.5, 0.6) is 0 Å². The number of nitrogens with zero attached hydrogens (tertiary/aromatic N) is 3. The van der Waals surface area contributed by atoms with Crippen LogP contribution in [0.3, 0.4) is 0 Å². The summed E-state index contributed by atoms with van der Waals surface area (Å²) in [7, 11) is -3.56. The highest BCUT2D eigenvalue weighted by atomic mass is 32.2. The minimum Gasteiger partial charge on any atom is -0.338 e. The Labute approximate surface area is 136 Å². The molecular formula is C16H21N3O3S. The van der Waals surface area contributed by atoms with Crippen molar-refractivity contribution in [3.05, 3.63) is 42.0 Å². The fourth-order valence-corrected chi connectivity index (χ4v) is 4.57. The zero-order valence-electron chi connectivity index (χ0n) is 13.2. The monoisotopic (exact) mass is 335 g/mol. The normalized spacial score (nSPS) is 19.8. The largest absolute Gasteiger partial charge is 0.338 e. The van der Waals surface area contributed by atoms with Crippen LogP contribution in [0.1, 0.15) is 50.4 Å². The predicted octanol–water partition coefficient (Wildman–Crippen LogP) is 2.94. The van der Waals surface area contributed by atoms with Crippen LogP contribution in [0.15, 0.2) is 39.8 Å². The van der Waals surface area contributed by atoms with Crippen LogP contribution in [0.25, 0.3) is 0 Å². The van der Waals surface area contributed by atoms with E-state index in [0.29, 0.717) is 29.6 Å². The summed E-state index contributed by atoms with van der Waals surface area (Å²) in [5.41, 5.74) is 0. The summed E-state index contributed by atoms with van der Waals surface area (Å²) in [6.07, 6.45) is 4.17. The standard InChI is InChI=1S/C16H21N3O3S/c1-2-8-15-17-16(22-18-15)14-11-6-7-12-19(14)23(20,21)13-9-4-3-5-10-13/h3-5,9-10,14H,2,6-8,11-12H2,1H3/t14-/m1/s1. The molecule has 2 aromatic rings. The van der Waals surface area contributed by atoms with E-state index in [9.17, 15) is 8.42 Å². The molecule has 3 rings (SSSR count).